The van der Waals surface area contributed by atoms with Crippen LogP contribution in [0.3, 0.4) is 0 Å². The van der Waals surface area contributed by atoms with Gasteiger partial charge in [-0.1, -0.05) is 20.8 Å². The number of hydrogen-bond acceptors (Lipinski definition) is 4. The third-order valence-electron chi connectivity index (χ3n) is 3.90. The highest BCUT2D eigenvalue weighted by molar-refractivity contribution is 5.85. The highest BCUT2D eigenvalue weighted by Gasteiger charge is 2.36. The Hall–Kier alpha value is -1.06. The molecule has 0 amide bonds. The maximum absolute atomic E-state index is 13.8. The Morgan fingerprint density at radius 3 is 2.30 bits per heavy atom. The van der Waals surface area contributed by atoms with E-state index in [9.17, 15) is 14.8 Å². The minimum atomic E-state index is -0.673. The molecular formula is C16H24Cl2FN3O. The summed E-state index contributed by atoms with van der Waals surface area (Å²) in [6, 6.07) is 4.48. The molecule has 1 aromatic rings. The van der Waals surface area contributed by atoms with Crippen LogP contribution in [0.4, 0.5) is 4.39 Å². The molecule has 2 rings (SSSR count). The molecule has 1 fully saturated rings. The molecule has 2 N–H and O–H groups in total. The van der Waals surface area contributed by atoms with Crippen molar-refractivity contribution in [1.82, 2.24) is 10.2 Å². The Bertz CT molecular complexity index is 564. The van der Waals surface area contributed by atoms with E-state index in [0.29, 0.717) is 11.1 Å². The minimum absolute atomic E-state index is 0. The monoisotopic (exact) mass is 363 g/mol. The van der Waals surface area contributed by atoms with Crippen LogP contribution in [0.1, 0.15) is 37.9 Å². The number of halogens is 3. The average molecular weight is 364 g/mol. The summed E-state index contributed by atoms with van der Waals surface area (Å²) < 4.78 is 13.8. The van der Waals surface area contributed by atoms with Gasteiger partial charge in [-0.15, -0.1) is 24.8 Å². The highest BCUT2D eigenvalue weighted by Crippen LogP contribution is 2.43. The summed E-state index contributed by atoms with van der Waals surface area (Å²) in [5.74, 6) is -1.07. The fraction of sp³-hybridized carbons (Fsp3) is 0.562. The Kier molecular flexibility index (Phi) is 8.30. The standard InChI is InChI=1S/C16H22FN3O.2ClH/c1-16(2,3)15(20-8-6-19-7-9-20)13-11(10-18)4-5-12(17)14(13)21;;/h4-5,15,19,21H,6-9H2,1-3H3;2*1H/t15-;;/m0../s1. The first-order valence-electron chi connectivity index (χ1n) is 7.22. The second-order valence-electron chi connectivity index (χ2n) is 6.52. The van der Waals surface area contributed by atoms with E-state index in [4.69, 9.17) is 0 Å². The molecule has 1 atom stereocenters. The molecule has 7 heteroatoms. The fourth-order valence-corrected chi connectivity index (χ4v) is 3.06. The van der Waals surface area contributed by atoms with Crippen LogP contribution in [0.5, 0.6) is 5.75 Å². The van der Waals surface area contributed by atoms with E-state index in [1.54, 1.807) is 0 Å². The second-order valence-corrected chi connectivity index (χ2v) is 6.52. The summed E-state index contributed by atoms with van der Waals surface area (Å²) in [6.07, 6.45) is 0. The average Bonchev–Trinajstić information content (AvgIpc) is 2.44. The summed E-state index contributed by atoms with van der Waals surface area (Å²) in [7, 11) is 0. The molecule has 1 aliphatic heterocycles. The van der Waals surface area contributed by atoms with Crippen molar-refractivity contribution in [2.75, 3.05) is 26.2 Å². The number of piperazine rings is 1. The lowest BCUT2D eigenvalue weighted by atomic mass is 9.79. The Morgan fingerprint density at radius 1 is 1.26 bits per heavy atom. The molecule has 1 saturated heterocycles. The number of benzene rings is 1. The van der Waals surface area contributed by atoms with Gasteiger partial charge in [0.25, 0.3) is 0 Å². The van der Waals surface area contributed by atoms with Crippen LogP contribution in [0, 0.1) is 22.6 Å². The van der Waals surface area contributed by atoms with Crippen molar-refractivity contribution in [2.24, 2.45) is 5.41 Å². The van der Waals surface area contributed by atoms with Crippen LogP contribution in [0.15, 0.2) is 12.1 Å². The van der Waals surface area contributed by atoms with E-state index in [0.717, 1.165) is 32.2 Å². The van der Waals surface area contributed by atoms with Gasteiger partial charge in [0.1, 0.15) is 0 Å². The molecule has 0 spiro atoms. The molecule has 0 aromatic heterocycles. The zero-order valence-electron chi connectivity index (χ0n) is 13.6. The van der Waals surface area contributed by atoms with Crippen molar-refractivity contribution < 1.29 is 9.50 Å². The van der Waals surface area contributed by atoms with Gasteiger partial charge in [0, 0.05) is 37.8 Å². The highest BCUT2D eigenvalue weighted by atomic mass is 35.5. The summed E-state index contributed by atoms with van der Waals surface area (Å²) in [5.41, 5.74) is 0.521. The van der Waals surface area contributed by atoms with Crippen LogP contribution in [-0.2, 0) is 0 Å². The quantitative estimate of drug-likeness (QED) is 0.846. The van der Waals surface area contributed by atoms with Gasteiger partial charge < -0.3 is 10.4 Å². The van der Waals surface area contributed by atoms with Crippen molar-refractivity contribution in [3.63, 3.8) is 0 Å². The normalized spacial score (nSPS) is 16.7. The lowest BCUT2D eigenvalue weighted by Crippen LogP contribution is -2.48. The van der Waals surface area contributed by atoms with Crippen LogP contribution in [0.2, 0.25) is 0 Å². The lowest BCUT2D eigenvalue weighted by Gasteiger charge is -2.43. The molecule has 1 aliphatic rings. The number of nitriles is 1. The molecule has 130 valence electrons. The third-order valence-corrected chi connectivity index (χ3v) is 3.90. The Labute approximate surface area is 149 Å². The Morgan fingerprint density at radius 2 is 1.83 bits per heavy atom. The maximum Gasteiger partial charge on any atom is 0.165 e. The van der Waals surface area contributed by atoms with Crippen molar-refractivity contribution in [1.29, 1.82) is 5.26 Å². The van der Waals surface area contributed by atoms with Crippen LogP contribution < -0.4 is 5.32 Å². The largest absolute Gasteiger partial charge is 0.505 e. The predicted octanol–water partition coefficient (Wildman–Crippen LogP) is 3.24. The number of phenols is 1. The molecule has 0 unspecified atom stereocenters. The van der Waals surface area contributed by atoms with Gasteiger partial charge in [-0.05, 0) is 17.5 Å². The van der Waals surface area contributed by atoms with Gasteiger partial charge in [0.05, 0.1) is 11.6 Å². The summed E-state index contributed by atoms with van der Waals surface area (Å²) in [5, 5.41) is 22.8. The van der Waals surface area contributed by atoms with Gasteiger partial charge in [-0.2, -0.15) is 5.26 Å². The van der Waals surface area contributed by atoms with Crippen molar-refractivity contribution in [2.45, 2.75) is 26.8 Å². The predicted molar refractivity (Wildman–Crippen MR) is 93.9 cm³/mol. The van der Waals surface area contributed by atoms with Crippen LogP contribution in [0.25, 0.3) is 0 Å². The number of nitrogens with zero attached hydrogens (tertiary/aromatic N) is 2. The van der Waals surface area contributed by atoms with Gasteiger partial charge in [0.15, 0.2) is 11.6 Å². The third kappa shape index (κ3) is 4.71. The molecule has 23 heavy (non-hydrogen) atoms. The first-order chi connectivity index (χ1) is 9.86. The van der Waals surface area contributed by atoms with Crippen molar-refractivity contribution in [3.8, 4) is 11.8 Å². The fourth-order valence-electron chi connectivity index (χ4n) is 3.06. The molecule has 0 radical (unpaired) electrons. The second kappa shape index (κ2) is 8.70. The first kappa shape index (κ1) is 21.9. The molecule has 0 saturated carbocycles. The molecule has 4 nitrogen and oxygen atoms in total. The molecule has 1 heterocycles. The van der Waals surface area contributed by atoms with Crippen molar-refractivity contribution >= 4 is 24.8 Å². The summed E-state index contributed by atoms with van der Waals surface area (Å²) in [6.45, 7) is 9.46. The van der Waals surface area contributed by atoms with E-state index >= 15 is 0 Å². The minimum Gasteiger partial charge on any atom is -0.505 e. The van der Waals surface area contributed by atoms with E-state index in [1.165, 1.54) is 6.07 Å². The molecular weight excluding hydrogens is 340 g/mol. The van der Waals surface area contributed by atoms with E-state index in [1.807, 2.05) is 20.8 Å². The Balaban J connectivity index is 0.00000242. The number of rotatable bonds is 2. The van der Waals surface area contributed by atoms with E-state index in [-0.39, 0.29) is 36.3 Å². The smallest absolute Gasteiger partial charge is 0.165 e. The number of aromatic hydroxyl groups is 1. The van der Waals surface area contributed by atoms with Gasteiger partial charge >= 0.3 is 0 Å². The van der Waals surface area contributed by atoms with Gasteiger partial charge in [-0.3, -0.25) is 4.90 Å². The lowest BCUT2D eigenvalue weighted by molar-refractivity contribution is 0.0836. The SMILES string of the molecule is CC(C)(C)[C@H](c1c(C#N)ccc(F)c1O)N1CCNCC1.Cl.Cl. The topological polar surface area (TPSA) is 59.3 Å². The van der Waals surface area contributed by atoms with Crippen molar-refractivity contribution in [3.05, 3.63) is 29.1 Å². The maximum atomic E-state index is 13.8. The number of hydrogen-bond donors (Lipinski definition) is 2. The molecule has 0 aliphatic carbocycles. The van der Waals surface area contributed by atoms with Gasteiger partial charge in [0.2, 0.25) is 0 Å². The number of nitrogens with one attached hydrogen (secondary N) is 1. The zero-order chi connectivity index (χ0) is 15.6. The molecule has 1 aromatic carbocycles. The summed E-state index contributed by atoms with van der Waals surface area (Å²) in [4.78, 5) is 2.21. The summed E-state index contributed by atoms with van der Waals surface area (Å²) >= 11 is 0. The molecule has 0 bridgehead atoms. The van der Waals surface area contributed by atoms with E-state index in [2.05, 4.69) is 16.3 Å². The van der Waals surface area contributed by atoms with Crippen LogP contribution >= 0.6 is 24.8 Å². The zero-order valence-corrected chi connectivity index (χ0v) is 15.2. The van der Waals surface area contributed by atoms with Crippen LogP contribution in [-0.4, -0.2) is 36.2 Å². The number of phenolic OH excluding ortho intramolecular Hbond substituents is 1. The first-order valence-corrected chi connectivity index (χ1v) is 7.22. The van der Waals surface area contributed by atoms with Gasteiger partial charge in [-0.25, -0.2) is 4.39 Å². The van der Waals surface area contributed by atoms with E-state index < -0.39 is 11.6 Å².